The van der Waals surface area contributed by atoms with Crippen LogP contribution in [0.2, 0.25) is 0 Å². The molecule has 0 aromatic heterocycles. The molecule has 128 valence electrons. The second-order valence-electron chi connectivity index (χ2n) is 7.44. The van der Waals surface area contributed by atoms with Crippen molar-refractivity contribution >= 4 is 0 Å². The minimum Gasteiger partial charge on any atom is -0.384 e. The lowest BCUT2D eigenvalue weighted by molar-refractivity contribution is -0.249. The summed E-state index contributed by atoms with van der Waals surface area (Å²) in [4.78, 5) is 0. The summed E-state index contributed by atoms with van der Waals surface area (Å²) >= 11 is 0. The van der Waals surface area contributed by atoms with Crippen LogP contribution in [0, 0.1) is 0 Å². The molecular formula is C16H28O6. The van der Waals surface area contributed by atoms with Crippen LogP contribution in [-0.4, -0.2) is 53.5 Å². The summed E-state index contributed by atoms with van der Waals surface area (Å²) in [6.45, 7) is 9.90. The first kappa shape index (κ1) is 16.6. The molecule has 0 radical (unpaired) electrons. The second-order valence-corrected chi connectivity index (χ2v) is 7.44. The van der Waals surface area contributed by atoms with Gasteiger partial charge in [0.25, 0.3) is 0 Å². The fourth-order valence-electron chi connectivity index (χ4n) is 3.61. The predicted octanol–water partition coefficient (Wildman–Crippen LogP) is 1.94. The average Bonchev–Trinajstić information content (AvgIpc) is 2.99. The summed E-state index contributed by atoms with van der Waals surface area (Å²) in [5, 5.41) is 11.3. The van der Waals surface area contributed by atoms with E-state index in [0.29, 0.717) is 13.0 Å². The molecule has 1 unspecified atom stereocenters. The first-order valence-corrected chi connectivity index (χ1v) is 8.22. The van der Waals surface area contributed by atoms with Crippen LogP contribution in [-0.2, 0) is 23.7 Å². The van der Waals surface area contributed by atoms with Gasteiger partial charge < -0.3 is 28.8 Å². The summed E-state index contributed by atoms with van der Waals surface area (Å²) in [5.41, 5.74) is -1.12. The zero-order chi connectivity index (χ0) is 16.2. The van der Waals surface area contributed by atoms with Gasteiger partial charge in [0.2, 0.25) is 0 Å². The van der Waals surface area contributed by atoms with Gasteiger partial charge in [0, 0.05) is 0 Å². The lowest BCUT2D eigenvalue weighted by Gasteiger charge is -2.36. The molecule has 0 saturated carbocycles. The van der Waals surface area contributed by atoms with Crippen LogP contribution >= 0.6 is 0 Å². The Morgan fingerprint density at radius 3 is 2.32 bits per heavy atom. The Morgan fingerprint density at radius 1 is 1.00 bits per heavy atom. The second kappa shape index (κ2) is 5.40. The molecule has 0 aliphatic carbocycles. The van der Waals surface area contributed by atoms with Crippen LogP contribution in [0.4, 0.5) is 0 Å². The minimum absolute atomic E-state index is 0.322. The largest absolute Gasteiger partial charge is 0.384 e. The summed E-state index contributed by atoms with van der Waals surface area (Å²) in [6.07, 6.45) is 0.588. The van der Waals surface area contributed by atoms with E-state index < -0.39 is 35.7 Å². The van der Waals surface area contributed by atoms with Crippen LogP contribution < -0.4 is 0 Å². The summed E-state index contributed by atoms with van der Waals surface area (Å²) < 4.78 is 29.3. The highest BCUT2D eigenvalue weighted by Gasteiger charge is 2.65. The Balaban J connectivity index is 1.81. The highest BCUT2D eigenvalue weighted by atomic mass is 16.8. The molecule has 3 fully saturated rings. The summed E-state index contributed by atoms with van der Waals surface area (Å²) in [7, 11) is 0. The maximum atomic E-state index is 11.3. The molecule has 6 nitrogen and oxygen atoms in total. The van der Waals surface area contributed by atoms with E-state index in [9.17, 15) is 5.11 Å². The fraction of sp³-hybridized carbons (Fsp3) is 1.00. The lowest BCUT2D eigenvalue weighted by Crippen LogP contribution is -2.54. The smallest absolute Gasteiger partial charge is 0.190 e. The van der Waals surface area contributed by atoms with Crippen LogP contribution in [0.1, 0.15) is 53.9 Å². The van der Waals surface area contributed by atoms with E-state index in [4.69, 9.17) is 23.7 Å². The monoisotopic (exact) mass is 316 g/mol. The number of hydrogen-bond acceptors (Lipinski definition) is 6. The van der Waals surface area contributed by atoms with Gasteiger partial charge in [-0.1, -0.05) is 19.8 Å². The number of hydrogen-bond donors (Lipinski definition) is 1. The van der Waals surface area contributed by atoms with E-state index in [1.54, 1.807) is 0 Å². The van der Waals surface area contributed by atoms with Crippen LogP contribution in [0.5, 0.6) is 0 Å². The third kappa shape index (κ3) is 2.81. The minimum atomic E-state index is -1.12. The number of ether oxygens (including phenoxy) is 5. The zero-order valence-electron chi connectivity index (χ0n) is 14.1. The molecule has 0 aromatic rings. The van der Waals surface area contributed by atoms with E-state index >= 15 is 0 Å². The first-order chi connectivity index (χ1) is 10.2. The normalized spacial score (nSPS) is 46.1. The molecule has 3 rings (SSSR count). The molecule has 0 spiro atoms. The van der Waals surface area contributed by atoms with E-state index in [-0.39, 0.29) is 6.10 Å². The van der Waals surface area contributed by atoms with Crippen LogP contribution in [0.15, 0.2) is 0 Å². The highest BCUT2D eigenvalue weighted by Crippen LogP contribution is 2.47. The van der Waals surface area contributed by atoms with Crippen molar-refractivity contribution in [3.05, 3.63) is 0 Å². The Bertz CT molecular complexity index is 423. The van der Waals surface area contributed by atoms with Crippen molar-refractivity contribution in [3.63, 3.8) is 0 Å². The molecule has 22 heavy (non-hydrogen) atoms. The maximum absolute atomic E-state index is 11.3. The number of rotatable bonds is 4. The van der Waals surface area contributed by atoms with Crippen molar-refractivity contribution in [1.29, 1.82) is 0 Å². The number of fused-ring (bicyclic) bond motifs is 1. The molecule has 5 atom stereocenters. The van der Waals surface area contributed by atoms with Gasteiger partial charge in [0.05, 0.1) is 6.61 Å². The lowest BCUT2D eigenvalue weighted by atomic mass is 9.84. The fourth-order valence-corrected chi connectivity index (χ4v) is 3.61. The Labute approximate surface area is 132 Å². The molecule has 0 amide bonds. The SMILES string of the molecule is CCCC[C@]1(O)[C@@H]([C@H]2COC(C)(C)O2)OC2OC(C)(C)O[C@@H]21. The molecule has 1 N–H and O–H groups in total. The molecule has 0 aromatic carbocycles. The van der Waals surface area contributed by atoms with E-state index in [1.807, 2.05) is 27.7 Å². The van der Waals surface area contributed by atoms with Gasteiger partial charge in [-0.15, -0.1) is 0 Å². The molecule has 3 aliphatic rings. The topological polar surface area (TPSA) is 66.4 Å². The van der Waals surface area contributed by atoms with Crippen LogP contribution in [0.25, 0.3) is 0 Å². The van der Waals surface area contributed by atoms with Gasteiger partial charge in [-0.05, 0) is 34.1 Å². The van der Waals surface area contributed by atoms with Gasteiger partial charge in [-0.25, -0.2) is 0 Å². The molecule has 3 aliphatic heterocycles. The van der Waals surface area contributed by atoms with Crippen molar-refractivity contribution in [1.82, 2.24) is 0 Å². The third-order valence-corrected chi connectivity index (χ3v) is 4.62. The van der Waals surface area contributed by atoms with Crippen molar-refractivity contribution in [2.24, 2.45) is 0 Å². The van der Waals surface area contributed by atoms with Crippen molar-refractivity contribution in [3.8, 4) is 0 Å². The third-order valence-electron chi connectivity index (χ3n) is 4.62. The van der Waals surface area contributed by atoms with Gasteiger partial charge in [0.1, 0.15) is 23.9 Å². The quantitative estimate of drug-likeness (QED) is 0.855. The molecule has 0 bridgehead atoms. The molecule has 3 saturated heterocycles. The summed E-state index contributed by atoms with van der Waals surface area (Å²) in [6, 6.07) is 0. The Kier molecular flexibility index (Phi) is 4.07. The first-order valence-electron chi connectivity index (χ1n) is 8.22. The average molecular weight is 316 g/mol. The number of unbranched alkanes of at least 4 members (excludes halogenated alkanes) is 1. The predicted molar refractivity (Wildman–Crippen MR) is 78.1 cm³/mol. The van der Waals surface area contributed by atoms with E-state index in [0.717, 1.165) is 12.8 Å². The Morgan fingerprint density at radius 2 is 1.73 bits per heavy atom. The van der Waals surface area contributed by atoms with Crippen molar-refractivity contribution in [2.75, 3.05) is 6.61 Å². The maximum Gasteiger partial charge on any atom is 0.190 e. The van der Waals surface area contributed by atoms with Gasteiger partial charge >= 0.3 is 0 Å². The van der Waals surface area contributed by atoms with Gasteiger partial charge in [-0.3, -0.25) is 0 Å². The van der Waals surface area contributed by atoms with E-state index in [1.165, 1.54) is 0 Å². The van der Waals surface area contributed by atoms with Crippen molar-refractivity contribution < 1.29 is 28.8 Å². The zero-order valence-corrected chi connectivity index (χ0v) is 14.1. The standard InChI is InChI=1S/C16H28O6/c1-6-7-8-16(17)11(10-9-18-14(2,3)20-10)19-13-12(16)21-15(4,5)22-13/h10-13,17H,6-9H2,1-5H3/t10-,11-,12+,13?,16+/m1/s1. The number of aliphatic hydroxyl groups is 1. The van der Waals surface area contributed by atoms with Crippen LogP contribution in [0.3, 0.4) is 0 Å². The molecule has 3 heterocycles. The highest BCUT2D eigenvalue weighted by molar-refractivity contribution is 5.08. The van der Waals surface area contributed by atoms with Gasteiger partial charge in [-0.2, -0.15) is 0 Å². The van der Waals surface area contributed by atoms with E-state index in [2.05, 4.69) is 6.92 Å². The molecular weight excluding hydrogens is 288 g/mol. The van der Waals surface area contributed by atoms with Gasteiger partial charge in [0.15, 0.2) is 17.9 Å². The van der Waals surface area contributed by atoms with Crippen molar-refractivity contribution in [2.45, 2.75) is 95.7 Å². The summed E-state index contributed by atoms with van der Waals surface area (Å²) in [5.74, 6) is -1.40. The molecule has 6 heteroatoms. The Hall–Kier alpha value is -0.240.